The van der Waals surface area contributed by atoms with Gasteiger partial charge in [-0.15, -0.1) is 0 Å². The summed E-state index contributed by atoms with van der Waals surface area (Å²) in [7, 11) is 4.06. The molecule has 0 saturated carbocycles. The quantitative estimate of drug-likeness (QED) is 0.300. The van der Waals surface area contributed by atoms with Crippen LogP contribution in [0, 0.1) is 0 Å². The SMILES string of the molecule is CN(C)c1ccc([C@H]2Oc3c(Cl)cc(Cl)cc3[C@H]3CC(c4ccc5ccccc5c4)=NN32)cc1. The van der Waals surface area contributed by atoms with E-state index in [4.69, 9.17) is 33.0 Å². The molecular formula is C28H23Cl2N3O. The number of fused-ring (bicyclic) bond motifs is 4. The average molecular weight is 488 g/mol. The van der Waals surface area contributed by atoms with E-state index in [1.165, 1.54) is 10.8 Å². The number of benzene rings is 4. The number of hydrazone groups is 1. The number of nitrogens with zero attached hydrogens (tertiary/aromatic N) is 3. The maximum Gasteiger partial charge on any atom is 0.213 e. The van der Waals surface area contributed by atoms with Crippen molar-refractivity contribution in [2.75, 3.05) is 19.0 Å². The lowest BCUT2D eigenvalue weighted by atomic mass is 9.95. The second-order valence-electron chi connectivity index (χ2n) is 8.97. The van der Waals surface area contributed by atoms with Crippen LogP contribution in [0.15, 0.2) is 84.0 Å². The molecule has 4 nitrogen and oxygen atoms in total. The summed E-state index contributed by atoms with van der Waals surface area (Å²) >= 11 is 13.0. The Hall–Kier alpha value is -3.21. The lowest BCUT2D eigenvalue weighted by Gasteiger charge is -2.38. The molecule has 0 aliphatic carbocycles. The van der Waals surface area contributed by atoms with Crippen molar-refractivity contribution < 1.29 is 4.74 Å². The van der Waals surface area contributed by atoms with Gasteiger partial charge < -0.3 is 9.64 Å². The van der Waals surface area contributed by atoms with Crippen LogP contribution in [0.3, 0.4) is 0 Å². The number of halogens is 2. The number of ether oxygens (including phenoxy) is 1. The van der Waals surface area contributed by atoms with Gasteiger partial charge in [-0.25, -0.2) is 5.01 Å². The van der Waals surface area contributed by atoms with Gasteiger partial charge in [0.1, 0.15) is 5.75 Å². The van der Waals surface area contributed by atoms with Crippen LogP contribution in [0.4, 0.5) is 5.69 Å². The van der Waals surface area contributed by atoms with E-state index in [1.807, 2.05) is 20.2 Å². The number of hydrogen-bond acceptors (Lipinski definition) is 4. The zero-order valence-corrected chi connectivity index (χ0v) is 20.4. The monoisotopic (exact) mass is 487 g/mol. The van der Waals surface area contributed by atoms with E-state index in [1.54, 1.807) is 6.07 Å². The number of anilines is 1. The molecule has 170 valence electrons. The Labute approximate surface area is 209 Å². The first kappa shape index (κ1) is 21.3. The summed E-state index contributed by atoms with van der Waals surface area (Å²) in [6.07, 6.45) is 0.364. The highest BCUT2D eigenvalue weighted by Gasteiger charge is 2.42. The summed E-state index contributed by atoms with van der Waals surface area (Å²) in [5, 5.41) is 10.7. The summed E-state index contributed by atoms with van der Waals surface area (Å²) in [6.45, 7) is 0. The zero-order valence-electron chi connectivity index (χ0n) is 18.9. The van der Waals surface area contributed by atoms with Gasteiger partial charge in [-0.3, -0.25) is 0 Å². The van der Waals surface area contributed by atoms with Crippen LogP contribution in [0.25, 0.3) is 10.8 Å². The van der Waals surface area contributed by atoms with Gasteiger partial charge in [0.05, 0.1) is 16.8 Å². The van der Waals surface area contributed by atoms with E-state index in [2.05, 4.69) is 76.6 Å². The number of rotatable bonds is 3. The molecule has 0 amide bonds. The minimum absolute atomic E-state index is 0.0139. The fourth-order valence-corrected chi connectivity index (χ4v) is 5.37. The zero-order chi connectivity index (χ0) is 23.4. The van der Waals surface area contributed by atoms with E-state index < -0.39 is 0 Å². The summed E-state index contributed by atoms with van der Waals surface area (Å²) in [4.78, 5) is 2.08. The molecule has 0 spiro atoms. The van der Waals surface area contributed by atoms with Crippen molar-refractivity contribution in [3.63, 3.8) is 0 Å². The molecule has 0 fully saturated rings. The van der Waals surface area contributed by atoms with Gasteiger partial charge in [0.2, 0.25) is 6.23 Å². The van der Waals surface area contributed by atoms with Crippen LogP contribution < -0.4 is 9.64 Å². The Bertz CT molecular complexity index is 1430. The van der Waals surface area contributed by atoms with E-state index >= 15 is 0 Å². The maximum absolute atomic E-state index is 6.60. The highest BCUT2D eigenvalue weighted by molar-refractivity contribution is 6.35. The van der Waals surface area contributed by atoms with Gasteiger partial charge in [0, 0.05) is 42.4 Å². The van der Waals surface area contributed by atoms with Crippen molar-refractivity contribution in [3.05, 3.63) is 106 Å². The largest absolute Gasteiger partial charge is 0.463 e. The van der Waals surface area contributed by atoms with Gasteiger partial charge >= 0.3 is 0 Å². The topological polar surface area (TPSA) is 28.1 Å². The Morgan fingerprint density at radius 3 is 2.44 bits per heavy atom. The minimum Gasteiger partial charge on any atom is -0.463 e. The summed E-state index contributed by atoms with van der Waals surface area (Å²) < 4.78 is 6.49. The van der Waals surface area contributed by atoms with Crippen LogP contribution in [0.2, 0.25) is 10.0 Å². The summed E-state index contributed by atoms with van der Waals surface area (Å²) in [5.74, 6) is 0.684. The standard InChI is InChI=1S/C28H23Cl2N3O/c1-32(2)22-11-9-18(10-12-22)28-33-26(23-14-21(29)15-24(30)27(23)34-28)16-25(31-33)20-8-7-17-5-3-4-6-19(17)13-20/h3-15,26,28H,16H2,1-2H3/t26-,28-/m1/s1. The van der Waals surface area contributed by atoms with E-state index in [0.717, 1.165) is 34.5 Å². The van der Waals surface area contributed by atoms with Crippen molar-refractivity contribution in [2.45, 2.75) is 18.7 Å². The molecule has 6 heteroatoms. The van der Waals surface area contributed by atoms with Gasteiger partial charge in [0.15, 0.2) is 0 Å². The predicted molar refractivity (Wildman–Crippen MR) is 140 cm³/mol. The van der Waals surface area contributed by atoms with Crippen LogP contribution in [0.1, 0.15) is 35.4 Å². The highest BCUT2D eigenvalue weighted by Crippen LogP contribution is 2.51. The van der Waals surface area contributed by atoms with Gasteiger partial charge in [0.25, 0.3) is 0 Å². The van der Waals surface area contributed by atoms with Crippen LogP contribution >= 0.6 is 23.2 Å². The van der Waals surface area contributed by atoms with Crippen LogP contribution in [0.5, 0.6) is 5.75 Å². The molecule has 2 atom stereocenters. The molecule has 2 aliphatic rings. The second-order valence-corrected chi connectivity index (χ2v) is 9.81. The minimum atomic E-state index is -0.384. The molecule has 4 aromatic carbocycles. The van der Waals surface area contributed by atoms with Crippen LogP contribution in [-0.2, 0) is 0 Å². The Morgan fingerprint density at radius 2 is 1.68 bits per heavy atom. The molecule has 2 heterocycles. The second kappa shape index (κ2) is 8.23. The van der Waals surface area contributed by atoms with Crippen molar-refractivity contribution in [1.82, 2.24) is 5.01 Å². The molecule has 0 bridgehead atoms. The first-order valence-electron chi connectivity index (χ1n) is 11.3. The fourth-order valence-electron chi connectivity index (χ4n) is 4.81. The molecule has 0 saturated heterocycles. The predicted octanol–water partition coefficient (Wildman–Crippen LogP) is 7.45. The molecule has 0 unspecified atom stereocenters. The molecule has 6 rings (SSSR count). The lowest BCUT2D eigenvalue weighted by Crippen LogP contribution is -2.33. The molecular weight excluding hydrogens is 465 g/mol. The van der Waals surface area contributed by atoms with Gasteiger partial charge in [-0.1, -0.05) is 71.7 Å². The summed E-state index contributed by atoms with van der Waals surface area (Å²) in [5.41, 5.74) is 5.26. The maximum atomic E-state index is 6.60. The molecule has 4 aromatic rings. The molecule has 0 aromatic heterocycles. The molecule has 34 heavy (non-hydrogen) atoms. The van der Waals surface area contributed by atoms with Crippen molar-refractivity contribution in [3.8, 4) is 5.75 Å². The van der Waals surface area contributed by atoms with Crippen molar-refractivity contribution in [2.24, 2.45) is 5.10 Å². The van der Waals surface area contributed by atoms with Crippen molar-refractivity contribution >= 4 is 45.4 Å². The Kier molecular flexibility index (Phi) is 5.16. The molecule has 0 radical (unpaired) electrons. The van der Waals surface area contributed by atoms with Crippen LogP contribution in [-0.4, -0.2) is 24.8 Å². The van der Waals surface area contributed by atoms with Gasteiger partial charge in [-0.05, 0) is 46.7 Å². The van der Waals surface area contributed by atoms with E-state index in [-0.39, 0.29) is 12.3 Å². The Morgan fingerprint density at radius 1 is 0.912 bits per heavy atom. The normalized spacial score (nSPS) is 18.8. The third-order valence-electron chi connectivity index (χ3n) is 6.59. The first-order valence-corrected chi connectivity index (χ1v) is 12.0. The van der Waals surface area contributed by atoms with Gasteiger partial charge in [-0.2, -0.15) is 5.10 Å². The lowest BCUT2D eigenvalue weighted by molar-refractivity contribution is -0.0189. The first-order chi connectivity index (χ1) is 16.5. The molecule has 2 aliphatic heterocycles. The third kappa shape index (κ3) is 3.58. The summed E-state index contributed by atoms with van der Waals surface area (Å²) in [6, 6.07) is 26.9. The van der Waals surface area contributed by atoms with E-state index in [0.29, 0.717) is 15.8 Å². The van der Waals surface area contributed by atoms with Crippen molar-refractivity contribution in [1.29, 1.82) is 0 Å². The molecule has 0 N–H and O–H groups in total. The Balaban J connectivity index is 1.45. The average Bonchev–Trinajstić information content (AvgIpc) is 3.29. The highest BCUT2D eigenvalue weighted by atomic mass is 35.5. The van der Waals surface area contributed by atoms with E-state index in [9.17, 15) is 0 Å². The smallest absolute Gasteiger partial charge is 0.213 e. The number of hydrogen-bond donors (Lipinski definition) is 0. The third-order valence-corrected chi connectivity index (χ3v) is 7.08. The fraction of sp³-hybridized carbons (Fsp3) is 0.179.